The van der Waals surface area contributed by atoms with Crippen LogP contribution in [-0.4, -0.2) is 57.2 Å². The lowest BCUT2D eigenvalue weighted by Gasteiger charge is -2.33. The Labute approximate surface area is 222 Å². The second-order valence-electron chi connectivity index (χ2n) is 11.2. The summed E-state index contributed by atoms with van der Waals surface area (Å²) in [6.07, 6.45) is 7.38. The molecule has 192 valence electrons. The molecule has 0 amide bonds. The number of thiophene rings is 1. The summed E-state index contributed by atoms with van der Waals surface area (Å²) in [4.78, 5) is 17.7. The van der Waals surface area contributed by atoms with Gasteiger partial charge < -0.3 is 9.67 Å². The number of carboxylic acid groups (broad SMARTS) is 1. The Bertz CT molecular complexity index is 1290. The molecule has 1 atom stereocenters. The summed E-state index contributed by atoms with van der Waals surface area (Å²) < 4.78 is 3.64. The van der Waals surface area contributed by atoms with E-state index in [-0.39, 0.29) is 0 Å². The van der Waals surface area contributed by atoms with E-state index in [1.54, 1.807) is 0 Å². The summed E-state index contributed by atoms with van der Waals surface area (Å²) >= 11 is 8.05. The molecule has 1 aromatic carbocycles. The van der Waals surface area contributed by atoms with Crippen LogP contribution in [0.3, 0.4) is 0 Å². The molecule has 36 heavy (non-hydrogen) atoms. The second-order valence-corrected chi connectivity index (χ2v) is 12.7. The van der Waals surface area contributed by atoms with Crippen molar-refractivity contribution >= 4 is 39.1 Å². The molecule has 1 saturated carbocycles. The quantitative estimate of drug-likeness (QED) is 0.396. The highest BCUT2D eigenvalue weighted by Crippen LogP contribution is 2.48. The van der Waals surface area contributed by atoms with E-state index in [4.69, 9.17) is 11.6 Å². The van der Waals surface area contributed by atoms with Gasteiger partial charge in [-0.3, -0.25) is 9.80 Å². The fourth-order valence-corrected chi connectivity index (χ4v) is 8.16. The van der Waals surface area contributed by atoms with Crippen LogP contribution in [0.25, 0.3) is 21.5 Å². The zero-order valence-electron chi connectivity index (χ0n) is 21.3. The Hall–Kier alpha value is -1.86. The highest BCUT2D eigenvalue weighted by molar-refractivity contribution is 7.21. The fraction of sp³-hybridized carbons (Fsp3) is 0.552. The predicted octanol–water partition coefficient (Wildman–Crippen LogP) is 7.07. The van der Waals surface area contributed by atoms with E-state index in [1.807, 2.05) is 12.1 Å². The van der Waals surface area contributed by atoms with Crippen LogP contribution in [0, 0.1) is 0 Å². The molecular weight excluding hydrogens is 490 g/mol. The van der Waals surface area contributed by atoms with Gasteiger partial charge in [-0.05, 0) is 68.4 Å². The molecule has 7 heteroatoms. The second kappa shape index (κ2) is 9.79. The molecule has 1 unspecified atom stereocenters. The normalized spacial score (nSPS) is 22.1. The molecule has 5 nitrogen and oxygen atoms in total. The first-order chi connectivity index (χ1) is 17.4. The van der Waals surface area contributed by atoms with Crippen LogP contribution in [0.2, 0.25) is 5.02 Å². The molecule has 1 saturated heterocycles. The molecule has 6 rings (SSSR count). The molecule has 3 aromatic rings. The first-order valence-electron chi connectivity index (χ1n) is 13.6. The van der Waals surface area contributed by atoms with E-state index in [0.717, 1.165) is 43.3 Å². The number of carboxylic acids is 1. The highest BCUT2D eigenvalue weighted by Gasteiger charge is 2.34. The summed E-state index contributed by atoms with van der Waals surface area (Å²) in [6, 6.07) is 9.44. The number of nitrogens with zero attached hydrogens (tertiary/aromatic N) is 3. The van der Waals surface area contributed by atoms with Crippen molar-refractivity contribution < 1.29 is 9.90 Å². The maximum absolute atomic E-state index is 12.0. The van der Waals surface area contributed by atoms with Gasteiger partial charge in [-0.25, -0.2) is 4.79 Å². The maximum Gasteiger partial charge on any atom is 0.345 e. The van der Waals surface area contributed by atoms with E-state index in [1.165, 1.54) is 76.9 Å². The number of likely N-dealkylation sites (tertiary alicyclic amines) is 1. The van der Waals surface area contributed by atoms with E-state index in [9.17, 15) is 9.90 Å². The van der Waals surface area contributed by atoms with Gasteiger partial charge in [-0.15, -0.1) is 11.3 Å². The number of halogens is 1. The smallest absolute Gasteiger partial charge is 0.345 e. The first-order valence-corrected chi connectivity index (χ1v) is 14.8. The molecule has 1 N–H and O–H groups in total. The van der Waals surface area contributed by atoms with Gasteiger partial charge in [0.05, 0.1) is 15.9 Å². The van der Waals surface area contributed by atoms with Gasteiger partial charge >= 0.3 is 5.97 Å². The molecule has 0 radical (unpaired) electrons. The number of hydrogen-bond donors (Lipinski definition) is 1. The predicted molar refractivity (Wildman–Crippen MR) is 149 cm³/mol. The Kier molecular flexibility index (Phi) is 6.65. The van der Waals surface area contributed by atoms with Crippen LogP contribution in [0.5, 0.6) is 0 Å². The van der Waals surface area contributed by atoms with Crippen LogP contribution < -0.4 is 0 Å². The number of aromatic nitrogens is 1. The Morgan fingerprint density at radius 1 is 1.08 bits per heavy atom. The van der Waals surface area contributed by atoms with E-state index in [0.29, 0.717) is 22.9 Å². The molecule has 2 fully saturated rings. The van der Waals surface area contributed by atoms with Gasteiger partial charge in [0.15, 0.2) is 0 Å². The first kappa shape index (κ1) is 24.5. The van der Waals surface area contributed by atoms with Crippen molar-refractivity contribution in [3.63, 3.8) is 0 Å². The number of aromatic carboxylic acids is 1. The minimum Gasteiger partial charge on any atom is -0.477 e. The molecule has 2 aliphatic heterocycles. The van der Waals surface area contributed by atoms with Crippen LogP contribution in [0.15, 0.2) is 24.3 Å². The summed E-state index contributed by atoms with van der Waals surface area (Å²) in [7, 11) is 0. The summed E-state index contributed by atoms with van der Waals surface area (Å²) in [6.45, 7) is 9.59. The van der Waals surface area contributed by atoms with Crippen LogP contribution in [-0.2, 0) is 13.1 Å². The Morgan fingerprint density at radius 3 is 2.61 bits per heavy atom. The SMILES string of the molecule is CC(C)N1CCC(N2CCn3c(c(C4CCCCC4)c4sc(C(=O)O)cc43)-c3ccc(Cl)cc3C2)C1. The lowest BCUT2D eigenvalue weighted by molar-refractivity contribution is 0.0702. The molecule has 2 aromatic heterocycles. The average molecular weight is 526 g/mol. The third-order valence-electron chi connectivity index (χ3n) is 8.75. The number of fused-ring (bicyclic) bond motifs is 5. The van der Waals surface area contributed by atoms with E-state index >= 15 is 0 Å². The van der Waals surface area contributed by atoms with Gasteiger partial charge in [0, 0.05) is 55.4 Å². The number of rotatable bonds is 4. The molecule has 0 bridgehead atoms. The van der Waals surface area contributed by atoms with Gasteiger partial charge in [-0.1, -0.05) is 36.9 Å². The maximum atomic E-state index is 12.0. The standard InChI is InChI=1S/C29H36ClN3O2S/c1-18(2)31-11-10-22(17-31)32-12-13-33-24-15-25(29(34)35)36-28(24)26(19-6-4-3-5-7-19)27(33)23-9-8-21(30)14-20(23)16-32/h8-9,14-15,18-19,22H,3-7,10-13,16-17H2,1-2H3,(H,34,35). The third-order valence-corrected chi connectivity index (χ3v) is 10.1. The van der Waals surface area contributed by atoms with Crippen LogP contribution in [0.1, 0.15) is 79.1 Å². The third kappa shape index (κ3) is 4.30. The fourth-order valence-electron chi connectivity index (χ4n) is 6.84. The summed E-state index contributed by atoms with van der Waals surface area (Å²) in [5.41, 5.74) is 6.40. The highest BCUT2D eigenvalue weighted by atomic mass is 35.5. The minimum absolute atomic E-state index is 0.450. The molecular formula is C29H36ClN3O2S. The Morgan fingerprint density at radius 2 is 1.89 bits per heavy atom. The van der Waals surface area contributed by atoms with Crippen LogP contribution in [0.4, 0.5) is 0 Å². The van der Waals surface area contributed by atoms with Crippen molar-refractivity contribution in [2.24, 2.45) is 0 Å². The monoisotopic (exact) mass is 525 g/mol. The zero-order valence-corrected chi connectivity index (χ0v) is 22.9. The van der Waals surface area contributed by atoms with Crippen molar-refractivity contribution in [3.05, 3.63) is 45.3 Å². The lowest BCUT2D eigenvalue weighted by atomic mass is 9.82. The summed E-state index contributed by atoms with van der Waals surface area (Å²) in [5.74, 6) is -0.328. The topological polar surface area (TPSA) is 48.7 Å². The zero-order chi connectivity index (χ0) is 25.0. The van der Waals surface area contributed by atoms with Crippen molar-refractivity contribution in [1.82, 2.24) is 14.4 Å². The van der Waals surface area contributed by atoms with Crippen molar-refractivity contribution in [3.8, 4) is 11.3 Å². The van der Waals surface area contributed by atoms with Gasteiger partial charge in [0.2, 0.25) is 0 Å². The van der Waals surface area contributed by atoms with Crippen LogP contribution >= 0.6 is 22.9 Å². The minimum atomic E-state index is -0.820. The average Bonchev–Trinajstić information content (AvgIpc) is 3.56. The molecule has 3 aliphatic rings. The summed E-state index contributed by atoms with van der Waals surface area (Å²) in [5, 5.41) is 10.6. The molecule has 1 aliphatic carbocycles. The van der Waals surface area contributed by atoms with E-state index < -0.39 is 5.97 Å². The van der Waals surface area contributed by atoms with Crippen molar-refractivity contribution in [2.45, 2.75) is 83.5 Å². The lowest BCUT2D eigenvalue weighted by Crippen LogP contribution is -2.41. The largest absolute Gasteiger partial charge is 0.477 e. The van der Waals surface area contributed by atoms with E-state index in [2.05, 4.69) is 40.3 Å². The van der Waals surface area contributed by atoms with Gasteiger partial charge in [0.1, 0.15) is 4.88 Å². The molecule has 0 spiro atoms. The van der Waals surface area contributed by atoms with Crippen molar-refractivity contribution in [1.29, 1.82) is 0 Å². The van der Waals surface area contributed by atoms with Gasteiger partial charge in [0.25, 0.3) is 0 Å². The molecule has 4 heterocycles. The van der Waals surface area contributed by atoms with Gasteiger partial charge in [-0.2, -0.15) is 0 Å². The number of hydrogen-bond acceptors (Lipinski definition) is 4. The van der Waals surface area contributed by atoms with Crippen molar-refractivity contribution in [2.75, 3.05) is 19.6 Å². The Balaban J connectivity index is 1.50. The number of carbonyl (C=O) groups is 1. The number of benzene rings is 1.